The molecule has 0 heterocycles. The lowest BCUT2D eigenvalue weighted by Crippen LogP contribution is -2.02. The highest BCUT2D eigenvalue weighted by atomic mass is 16.1. The van der Waals surface area contributed by atoms with Crippen LogP contribution in [0, 0.1) is 13.8 Å². The summed E-state index contributed by atoms with van der Waals surface area (Å²) in [5.41, 5.74) is 7.74. The Kier molecular flexibility index (Phi) is 5.62. The second-order valence-corrected chi connectivity index (χ2v) is 7.36. The molecule has 0 radical (unpaired) electrons. The Morgan fingerprint density at radius 3 is 1.27 bits per heavy atom. The standard InChI is InChI=1S/C27H24N2O/c1-19-7-3-5-9-25(19)28-23-15-11-21(12-16-23)27(30)22-13-17-24(18-14-22)29-26-10-6-4-8-20(26)2/h3-18,28-29H,1-2H3. The minimum atomic E-state index is 0.0138. The maximum Gasteiger partial charge on any atom is 0.193 e. The van der Waals surface area contributed by atoms with E-state index in [0.717, 1.165) is 22.7 Å². The van der Waals surface area contributed by atoms with Gasteiger partial charge in [-0.05, 0) is 85.6 Å². The minimum absolute atomic E-state index is 0.0138. The van der Waals surface area contributed by atoms with Gasteiger partial charge in [-0.2, -0.15) is 0 Å². The van der Waals surface area contributed by atoms with Crippen molar-refractivity contribution in [3.63, 3.8) is 0 Å². The van der Waals surface area contributed by atoms with E-state index in [-0.39, 0.29) is 5.78 Å². The van der Waals surface area contributed by atoms with Crippen LogP contribution in [0.5, 0.6) is 0 Å². The first kappa shape index (κ1) is 19.5. The topological polar surface area (TPSA) is 41.1 Å². The molecule has 4 aromatic carbocycles. The van der Waals surface area contributed by atoms with Crippen molar-refractivity contribution >= 4 is 28.5 Å². The van der Waals surface area contributed by atoms with Crippen molar-refractivity contribution in [2.45, 2.75) is 13.8 Å². The van der Waals surface area contributed by atoms with E-state index in [0.29, 0.717) is 11.1 Å². The summed E-state index contributed by atoms with van der Waals surface area (Å²) in [4.78, 5) is 12.9. The molecule has 2 N–H and O–H groups in total. The van der Waals surface area contributed by atoms with Gasteiger partial charge in [0.2, 0.25) is 0 Å². The van der Waals surface area contributed by atoms with Crippen molar-refractivity contribution in [1.82, 2.24) is 0 Å². The fraction of sp³-hybridized carbons (Fsp3) is 0.0741. The van der Waals surface area contributed by atoms with Gasteiger partial charge in [0, 0.05) is 33.9 Å². The highest BCUT2D eigenvalue weighted by Crippen LogP contribution is 2.23. The largest absolute Gasteiger partial charge is 0.355 e. The number of carbonyl (C=O) groups is 1. The number of hydrogen-bond donors (Lipinski definition) is 2. The predicted molar refractivity (Wildman–Crippen MR) is 125 cm³/mol. The second-order valence-electron chi connectivity index (χ2n) is 7.36. The highest BCUT2D eigenvalue weighted by molar-refractivity contribution is 6.09. The van der Waals surface area contributed by atoms with Crippen molar-refractivity contribution in [3.8, 4) is 0 Å². The molecule has 0 spiro atoms. The first-order chi connectivity index (χ1) is 14.6. The third kappa shape index (κ3) is 4.41. The van der Waals surface area contributed by atoms with Gasteiger partial charge in [0.1, 0.15) is 0 Å². The van der Waals surface area contributed by atoms with E-state index in [1.165, 1.54) is 11.1 Å². The van der Waals surface area contributed by atoms with Crippen LogP contribution < -0.4 is 10.6 Å². The van der Waals surface area contributed by atoms with Crippen LogP contribution in [-0.2, 0) is 0 Å². The normalized spacial score (nSPS) is 10.5. The zero-order valence-corrected chi connectivity index (χ0v) is 17.1. The van der Waals surface area contributed by atoms with Crippen LogP contribution in [0.4, 0.5) is 22.7 Å². The average Bonchev–Trinajstić information content (AvgIpc) is 2.77. The number of benzene rings is 4. The summed E-state index contributed by atoms with van der Waals surface area (Å²) in [5, 5.41) is 6.79. The van der Waals surface area contributed by atoms with Gasteiger partial charge in [-0.25, -0.2) is 0 Å². The number of aryl methyl sites for hydroxylation is 2. The van der Waals surface area contributed by atoms with Gasteiger partial charge in [0.05, 0.1) is 0 Å². The molecule has 0 aliphatic rings. The highest BCUT2D eigenvalue weighted by Gasteiger charge is 2.09. The maximum atomic E-state index is 12.9. The van der Waals surface area contributed by atoms with Crippen molar-refractivity contribution in [1.29, 1.82) is 0 Å². The number of hydrogen-bond acceptors (Lipinski definition) is 3. The lowest BCUT2D eigenvalue weighted by atomic mass is 10.0. The number of carbonyl (C=O) groups excluding carboxylic acids is 1. The molecule has 4 rings (SSSR count). The second kappa shape index (κ2) is 8.66. The van der Waals surface area contributed by atoms with Gasteiger partial charge in [-0.3, -0.25) is 4.79 Å². The van der Waals surface area contributed by atoms with Gasteiger partial charge < -0.3 is 10.6 Å². The lowest BCUT2D eigenvalue weighted by molar-refractivity contribution is 0.103. The smallest absolute Gasteiger partial charge is 0.193 e. The summed E-state index contributed by atoms with van der Waals surface area (Å²) in [5.74, 6) is 0.0138. The maximum absolute atomic E-state index is 12.9. The minimum Gasteiger partial charge on any atom is -0.355 e. The summed E-state index contributed by atoms with van der Waals surface area (Å²) in [7, 11) is 0. The molecule has 3 nitrogen and oxygen atoms in total. The zero-order chi connectivity index (χ0) is 20.9. The van der Waals surface area contributed by atoms with E-state index in [9.17, 15) is 4.79 Å². The monoisotopic (exact) mass is 392 g/mol. The van der Waals surface area contributed by atoms with Crippen molar-refractivity contribution in [3.05, 3.63) is 119 Å². The molecule has 0 bridgehead atoms. The van der Waals surface area contributed by atoms with E-state index >= 15 is 0 Å². The molecule has 0 aliphatic heterocycles. The predicted octanol–water partition coefficient (Wildman–Crippen LogP) is 7.02. The lowest BCUT2D eigenvalue weighted by Gasteiger charge is -2.11. The van der Waals surface area contributed by atoms with Crippen LogP contribution in [-0.4, -0.2) is 5.78 Å². The molecule has 4 aromatic rings. The quantitative estimate of drug-likeness (QED) is 0.346. The van der Waals surface area contributed by atoms with Crippen molar-refractivity contribution < 1.29 is 4.79 Å². The van der Waals surface area contributed by atoms with E-state index < -0.39 is 0 Å². The Morgan fingerprint density at radius 2 is 0.900 bits per heavy atom. The molecule has 30 heavy (non-hydrogen) atoms. The molecule has 0 aliphatic carbocycles. The average molecular weight is 393 g/mol. The Morgan fingerprint density at radius 1 is 0.533 bits per heavy atom. The third-order valence-corrected chi connectivity index (χ3v) is 5.14. The molecular weight excluding hydrogens is 368 g/mol. The van der Waals surface area contributed by atoms with Crippen LogP contribution >= 0.6 is 0 Å². The fourth-order valence-electron chi connectivity index (χ4n) is 3.31. The van der Waals surface area contributed by atoms with Crippen LogP contribution in [0.3, 0.4) is 0 Å². The summed E-state index contributed by atoms with van der Waals surface area (Å²) < 4.78 is 0. The Bertz CT molecular complexity index is 1070. The summed E-state index contributed by atoms with van der Waals surface area (Å²) in [6.07, 6.45) is 0. The Labute approximate surface area is 177 Å². The van der Waals surface area contributed by atoms with Crippen LogP contribution in [0.25, 0.3) is 0 Å². The Hall–Kier alpha value is -3.85. The van der Waals surface area contributed by atoms with Gasteiger partial charge in [0.25, 0.3) is 0 Å². The fourth-order valence-corrected chi connectivity index (χ4v) is 3.31. The van der Waals surface area contributed by atoms with Crippen LogP contribution in [0.15, 0.2) is 97.1 Å². The Balaban J connectivity index is 1.45. The molecule has 0 saturated carbocycles. The summed E-state index contributed by atoms with van der Waals surface area (Å²) in [6, 6.07) is 31.5. The summed E-state index contributed by atoms with van der Waals surface area (Å²) in [6.45, 7) is 4.13. The SMILES string of the molecule is Cc1ccccc1Nc1ccc(C(=O)c2ccc(Nc3ccccc3C)cc2)cc1. The molecule has 0 saturated heterocycles. The van der Waals surface area contributed by atoms with Gasteiger partial charge in [-0.15, -0.1) is 0 Å². The molecule has 0 atom stereocenters. The van der Waals surface area contributed by atoms with E-state index in [1.807, 2.05) is 84.9 Å². The third-order valence-electron chi connectivity index (χ3n) is 5.14. The van der Waals surface area contributed by atoms with Gasteiger partial charge >= 0.3 is 0 Å². The van der Waals surface area contributed by atoms with Gasteiger partial charge in [0.15, 0.2) is 5.78 Å². The van der Waals surface area contributed by atoms with E-state index in [1.54, 1.807) is 0 Å². The van der Waals surface area contributed by atoms with Crippen molar-refractivity contribution in [2.75, 3.05) is 10.6 Å². The molecule has 148 valence electrons. The summed E-state index contributed by atoms with van der Waals surface area (Å²) >= 11 is 0. The van der Waals surface area contributed by atoms with Crippen LogP contribution in [0.1, 0.15) is 27.0 Å². The van der Waals surface area contributed by atoms with E-state index in [4.69, 9.17) is 0 Å². The van der Waals surface area contributed by atoms with Crippen LogP contribution in [0.2, 0.25) is 0 Å². The molecule has 0 unspecified atom stereocenters. The number of anilines is 4. The number of rotatable bonds is 6. The molecule has 0 amide bonds. The first-order valence-corrected chi connectivity index (χ1v) is 10.0. The molecule has 3 heteroatoms. The molecule has 0 aromatic heterocycles. The molecule has 0 fully saturated rings. The first-order valence-electron chi connectivity index (χ1n) is 10.0. The van der Waals surface area contributed by atoms with E-state index in [2.05, 4.69) is 36.6 Å². The van der Waals surface area contributed by atoms with Crippen molar-refractivity contribution in [2.24, 2.45) is 0 Å². The zero-order valence-electron chi connectivity index (χ0n) is 17.1. The van der Waals surface area contributed by atoms with Gasteiger partial charge in [-0.1, -0.05) is 36.4 Å². The number of ketones is 1. The number of para-hydroxylation sites is 2. The number of nitrogens with one attached hydrogen (secondary N) is 2. The molecular formula is C27H24N2O.